The highest BCUT2D eigenvalue weighted by Gasteiger charge is 2.35. The highest BCUT2D eigenvalue weighted by atomic mass is 19.1. The highest BCUT2D eigenvalue weighted by molar-refractivity contribution is 6.00. The molecule has 2 heterocycles. The van der Waals surface area contributed by atoms with Crippen molar-refractivity contribution < 1.29 is 23.5 Å². The molecule has 0 bridgehead atoms. The number of rotatable bonds is 5. The molecular formula is C20H19FN2O4. The van der Waals surface area contributed by atoms with Gasteiger partial charge in [-0.25, -0.2) is 4.39 Å². The summed E-state index contributed by atoms with van der Waals surface area (Å²) in [7, 11) is 0. The minimum atomic E-state index is -0.478. The molecule has 2 aromatic carbocycles. The number of hydrogen-bond acceptors (Lipinski definition) is 4. The number of carbonyl (C=O) groups excluding carboxylic acids is 2. The second-order valence-electron chi connectivity index (χ2n) is 6.59. The first-order chi connectivity index (χ1) is 13.1. The zero-order chi connectivity index (χ0) is 18.8. The van der Waals surface area contributed by atoms with E-state index in [2.05, 4.69) is 5.32 Å². The van der Waals surface area contributed by atoms with Crippen LogP contribution in [0.25, 0.3) is 0 Å². The van der Waals surface area contributed by atoms with Crippen LogP contribution in [0.5, 0.6) is 11.5 Å². The van der Waals surface area contributed by atoms with Gasteiger partial charge in [-0.05, 0) is 36.2 Å². The van der Waals surface area contributed by atoms with Gasteiger partial charge in [-0.2, -0.15) is 0 Å². The van der Waals surface area contributed by atoms with Crippen molar-refractivity contribution in [3.8, 4) is 11.5 Å². The number of nitrogens with one attached hydrogen (secondary N) is 1. The van der Waals surface area contributed by atoms with E-state index in [9.17, 15) is 14.0 Å². The molecular weight excluding hydrogens is 351 g/mol. The number of amides is 2. The van der Waals surface area contributed by atoms with Gasteiger partial charge >= 0.3 is 0 Å². The van der Waals surface area contributed by atoms with Crippen LogP contribution in [0.2, 0.25) is 0 Å². The molecule has 0 radical (unpaired) electrons. The van der Waals surface area contributed by atoms with E-state index in [1.54, 1.807) is 18.2 Å². The molecule has 0 spiro atoms. The Bertz CT molecular complexity index is 886. The molecule has 1 saturated heterocycles. The van der Waals surface area contributed by atoms with Gasteiger partial charge in [0.25, 0.3) is 0 Å². The lowest BCUT2D eigenvalue weighted by Gasteiger charge is -2.17. The molecule has 140 valence electrons. The average Bonchev–Trinajstić information content (AvgIpc) is 3.28. The van der Waals surface area contributed by atoms with E-state index < -0.39 is 11.7 Å². The van der Waals surface area contributed by atoms with Crippen molar-refractivity contribution in [1.82, 2.24) is 5.32 Å². The summed E-state index contributed by atoms with van der Waals surface area (Å²) in [6, 6.07) is 11.8. The minimum Gasteiger partial charge on any atom is -0.454 e. The first-order valence-corrected chi connectivity index (χ1v) is 8.83. The lowest BCUT2D eigenvalue weighted by molar-refractivity contribution is -0.126. The number of carbonyl (C=O) groups is 2. The molecule has 0 aromatic heterocycles. The van der Waals surface area contributed by atoms with Crippen LogP contribution in [0.4, 0.5) is 10.1 Å². The van der Waals surface area contributed by atoms with E-state index in [0.29, 0.717) is 18.7 Å². The van der Waals surface area contributed by atoms with Crippen LogP contribution in [-0.4, -0.2) is 31.7 Å². The summed E-state index contributed by atoms with van der Waals surface area (Å²) in [5.41, 5.74) is 1.24. The number of para-hydroxylation sites is 1. The molecule has 7 heteroatoms. The van der Waals surface area contributed by atoms with E-state index in [1.165, 1.54) is 11.0 Å². The predicted molar refractivity (Wildman–Crippen MR) is 96.1 cm³/mol. The largest absolute Gasteiger partial charge is 0.454 e. The summed E-state index contributed by atoms with van der Waals surface area (Å²) in [6.45, 7) is 0.863. The van der Waals surface area contributed by atoms with Crippen LogP contribution in [0.15, 0.2) is 42.5 Å². The predicted octanol–water partition coefficient (Wildman–Crippen LogP) is 2.27. The summed E-state index contributed by atoms with van der Waals surface area (Å²) in [5, 5.41) is 2.86. The Balaban J connectivity index is 1.31. The van der Waals surface area contributed by atoms with Gasteiger partial charge in [-0.3, -0.25) is 9.59 Å². The van der Waals surface area contributed by atoms with Crippen molar-refractivity contribution in [2.75, 3.05) is 24.8 Å². The van der Waals surface area contributed by atoms with Crippen molar-refractivity contribution in [2.24, 2.45) is 5.92 Å². The molecule has 6 nitrogen and oxygen atoms in total. The number of halogens is 1. The van der Waals surface area contributed by atoms with E-state index >= 15 is 0 Å². The molecule has 27 heavy (non-hydrogen) atoms. The monoisotopic (exact) mass is 370 g/mol. The smallest absolute Gasteiger partial charge is 0.231 e. The fraction of sp³-hybridized carbons (Fsp3) is 0.300. The lowest BCUT2D eigenvalue weighted by atomic mass is 10.1. The number of benzene rings is 2. The maximum absolute atomic E-state index is 13.9. The summed E-state index contributed by atoms with van der Waals surface area (Å²) in [6.07, 6.45) is 0.726. The molecule has 1 N–H and O–H groups in total. The summed E-state index contributed by atoms with van der Waals surface area (Å²) < 4.78 is 24.5. The van der Waals surface area contributed by atoms with Crippen LogP contribution in [0, 0.1) is 11.7 Å². The second-order valence-corrected chi connectivity index (χ2v) is 6.59. The number of ether oxygens (including phenoxy) is 2. The van der Waals surface area contributed by atoms with Gasteiger partial charge in [0.05, 0.1) is 11.6 Å². The zero-order valence-electron chi connectivity index (χ0n) is 14.6. The maximum Gasteiger partial charge on any atom is 0.231 e. The SMILES string of the molecule is O=C(NCCc1ccc2c(c1)OCO2)[C@H]1CC(=O)N(c2ccccc2F)C1. The van der Waals surface area contributed by atoms with Crippen molar-refractivity contribution in [1.29, 1.82) is 0 Å². The number of hydrogen-bond donors (Lipinski definition) is 1. The fourth-order valence-electron chi connectivity index (χ4n) is 3.36. The van der Waals surface area contributed by atoms with Crippen LogP contribution in [0.1, 0.15) is 12.0 Å². The first-order valence-electron chi connectivity index (χ1n) is 8.83. The molecule has 1 atom stereocenters. The third-order valence-corrected chi connectivity index (χ3v) is 4.79. The average molecular weight is 370 g/mol. The van der Waals surface area contributed by atoms with Gasteiger partial charge in [-0.15, -0.1) is 0 Å². The summed E-state index contributed by atoms with van der Waals surface area (Å²) >= 11 is 0. The molecule has 2 aromatic rings. The third-order valence-electron chi connectivity index (χ3n) is 4.79. The van der Waals surface area contributed by atoms with E-state index in [4.69, 9.17) is 9.47 Å². The number of fused-ring (bicyclic) bond motifs is 1. The zero-order valence-corrected chi connectivity index (χ0v) is 14.6. The number of nitrogens with zero attached hydrogens (tertiary/aromatic N) is 1. The Hall–Kier alpha value is -3.09. The topological polar surface area (TPSA) is 67.9 Å². The Labute approximate surface area is 155 Å². The minimum absolute atomic E-state index is 0.0875. The van der Waals surface area contributed by atoms with Gasteiger partial charge in [-0.1, -0.05) is 18.2 Å². The molecule has 4 rings (SSSR count). The molecule has 0 saturated carbocycles. The standard InChI is InChI=1S/C20H19FN2O4/c21-15-3-1-2-4-16(15)23-11-14(10-19(23)24)20(25)22-8-7-13-5-6-17-18(9-13)27-12-26-17/h1-6,9,14H,7-8,10-12H2,(H,22,25)/t14-/m0/s1. The molecule has 1 fully saturated rings. The van der Waals surface area contributed by atoms with E-state index in [0.717, 1.165) is 11.3 Å². The summed E-state index contributed by atoms with van der Waals surface area (Å²) in [4.78, 5) is 25.9. The van der Waals surface area contributed by atoms with Gasteiger partial charge in [0.1, 0.15) is 5.82 Å². The highest BCUT2D eigenvalue weighted by Crippen LogP contribution is 2.32. The lowest BCUT2D eigenvalue weighted by Crippen LogP contribution is -2.34. The van der Waals surface area contributed by atoms with Gasteiger partial charge < -0.3 is 19.7 Å². The van der Waals surface area contributed by atoms with Crippen LogP contribution in [-0.2, 0) is 16.0 Å². The van der Waals surface area contributed by atoms with Crippen LogP contribution < -0.4 is 19.7 Å². The fourth-order valence-corrected chi connectivity index (χ4v) is 3.36. The molecule has 2 amide bonds. The van der Waals surface area contributed by atoms with Crippen LogP contribution >= 0.6 is 0 Å². The van der Waals surface area contributed by atoms with Crippen molar-refractivity contribution in [3.05, 3.63) is 53.8 Å². The van der Waals surface area contributed by atoms with Gasteiger partial charge in [0, 0.05) is 19.5 Å². The van der Waals surface area contributed by atoms with E-state index in [1.807, 2.05) is 18.2 Å². The van der Waals surface area contributed by atoms with Gasteiger partial charge in [0.2, 0.25) is 18.6 Å². The van der Waals surface area contributed by atoms with E-state index in [-0.39, 0.29) is 37.3 Å². The van der Waals surface area contributed by atoms with Crippen molar-refractivity contribution in [2.45, 2.75) is 12.8 Å². The van der Waals surface area contributed by atoms with Gasteiger partial charge in [0.15, 0.2) is 11.5 Å². The molecule has 2 aliphatic rings. The Kier molecular flexibility index (Phi) is 4.66. The third kappa shape index (κ3) is 3.58. The quantitative estimate of drug-likeness (QED) is 0.877. The molecule has 0 aliphatic carbocycles. The van der Waals surface area contributed by atoms with Crippen molar-refractivity contribution in [3.63, 3.8) is 0 Å². The maximum atomic E-state index is 13.9. The molecule has 0 unspecified atom stereocenters. The first kappa shape index (κ1) is 17.3. The molecule has 2 aliphatic heterocycles. The Morgan fingerprint density at radius 1 is 1.19 bits per heavy atom. The second kappa shape index (κ2) is 7.26. The summed E-state index contributed by atoms with van der Waals surface area (Å²) in [5.74, 6) is 0.0590. The Morgan fingerprint density at radius 2 is 2.00 bits per heavy atom. The normalized spacial score (nSPS) is 18.0. The number of anilines is 1. The van der Waals surface area contributed by atoms with Crippen molar-refractivity contribution >= 4 is 17.5 Å². The Morgan fingerprint density at radius 3 is 2.85 bits per heavy atom. The van der Waals surface area contributed by atoms with Crippen LogP contribution in [0.3, 0.4) is 0 Å².